The molecule has 92 valence electrons. The summed E-state index contributed by atoms with van der Waals surface area (Å²) in [5.41, 5.74) is 1.38. The van der Waals surface area contributed by atoms with Gasteiger partial charge in [-0.1, -0.05) is 30.3 Å². The van der Waals surface area contributed by atoms with E-state index in [2.05, 4.69) is 24.3 Å². The second-order valence-electron chi connectivity index (χ2n) is 4.54. The molecule has 1 aromatic rings. The minimum Gasteiger partial charge on any atom is -0.396 e. The summed E-state index contributed by atoms with van der Waals surface area (Å²) < 4.78 is 0. The van der Waals surface area contributed by atoms with Crippen LogP contribution < -0.4 is 0 Å². The van der Waals surface area contributed by atoms with E-state index in [1.807, 2.05) is 11.0 Å². The lowest BCUT2D eigenvalue weighted by molar-refractivity contribution is -0.132. The van der Waals surface area contributed by atoms with Crippen molar-refractivity contribution in [2.45, 2.75) is 25.2 Å². The van der Waals surface area contributed by atoms with E-state index in [4.69, 9.17) is 5.11 Å². The van der Waals surface area contributed by atoms with E-state index in [1.165, 1.54) is 5.56 Å². The molecule has 0 bridgehead atoms. The van der Waals surface area contributed by atoms with E-state index in [0.29, 0.717) is 5.92 Å². The molecular formula is C14H19NO2. The van der Waals surface area contributed by atoms with Crippen LogP contribution in [0.4, 0.5) is 0 Å². The van der Waals surface area contributed by atoms with E-state index in [1.54, 1.807) is 0 Å². The zero-order chi connectivity index (χ0) is 12.1. The fourth-order valence-corrected chi connectivity index (χ4v) is 2.44. The average Bonchev–Trinajstić information content (AvgIpc) is 2.40. The van der Waals surface area contributed by atoms with Crippen LogP contribution in [0.1, 0.15) is 30.7 Å². The van der Waals surface area contributed by atoms with E-state index in [0.717, 1.165) is 25.9 Å². The largest absolute Gasteiger partial charge is 0.396 e. The van der Waals surface area contributed by atoms with Gasteiger partial charge in [0, 0.05) is 19.5 Å². The maximum atomic E-state index is 11.6. The van der Waals surface area contributed by atoms with Crippen molar-refractivity contribution >= 4 is 5.91 Å². The van der Waals surface area contributed by atoms with Crippen LogP contribution in [0.3, 0.4) is 0 Å². The van der Waals surface area contributed by atoms with E-state index in [9.17, 15) is 4.79 Å². The molecule has 0 saturated carbocycles. The standard InChI is InChI=1S/C14H19NO2/c16-11-8-14(17)15-9-6-13(7-10-15)12-4-2-1-3-5-12/h1-5,13,16H,6-11H2. The number of carbonyl (C=O) groups excluding carboxylic acids is 1. The minimum absolute atomic E-state index is 0.0442. The Kier molecular flexibility index (Phi) is 4.15. The SMILES string of the molecule is O=C(CCO)N1CCC(c2ccccc2)CC1. The molecule has 1 amide bonds. The first kappa shape index (κ1) is 12.1. The molecule has 1 aliphatic rings. The molecule has 0 atom stereocenters. The first-order valence-corrected chi connectivity index (χ1v) is 6.25. The molecule has 1 saturated heterocycles. The molecule has 0 aromatic heterocycles. The minimum atomic E-state index is -0.0442. The van der Waals surface area contributed by atoms with Gasteiger partial charge in [-0.05, 0) is 24.3 Å². The number of amides is 1. The summed E-state index contributed by atoms with van der Waals surface area (Å²) in [5, 5.41) is 8.75. The Morgan fingerprint density at radius 1 is 1.24 bits per heavy atom. The monoisotopic (exact) mass is 233 g/mol. The predicted octanol–water partition coefficient (Wildman–Crippen LogP) is 1.77. The fourth-order valence-electron chi connectivity index (χ4n) is 2.44. The highest BCUT2D eigenvalue weighted by Gasteiger charge is 2.22. The molecule has 1 aromatic carbocycles. The predicted molar refractivity (Wildman–Crippen MR) is 66.7 cm³/mol. The molecule has 0 spiro atoms. The molecule has 1 N–H and O–H groups in total. The zero-order valence-electron chi connectivity index (χ0n) is 10.0. The number of benzene rings is 1. The normalized spacial score (nSPS) is 17.1. The second kappa shape index (κ2) is 5.82. The third kappa shape index (κ3) is 3.07. The number of aliphatic hydroxyl groups is 1. The molecule has 0 unspecified atom stereocenters. The van der Waals surface area contributed by atoms with Crippen LogP contribution in [-0.4, -0.2) is 35.6 Å². The number of piperidine rings is 1. The van der Waals surface area contributed by atoms with Crippen molar-refractivity contribution in [1.29, 1.82) is 0 Å². The third-order valence-electron chi connectivity index (χ3n) is 3.44. The molecular weight excluding hydrogens is 214 g/mol. The summed E-state index contributed by atoms with van der Waals surface area (Å²) in [6.45, 7) is 1.59. The van der Waals surface area contributed by atoms with Crippen LogP contribution in [0.15, 0.2) is 30.3 Å². The van der Waals surface area contributed by atoms with Crippen molar-refractivity contribution in [1.82, 2.24) is 4.90 Å². The maximum Gasteiger partial charge on any atom is 0.224 e. The first-order valence-electron chi connectivity index (χ1n) is 6.25. The summed E-state index contributed by atoms with van der Waals surface area (Å²) in [6.07, 6.45) is 2.32. The van der Waals surface area contributed by atoms with Gasteiger partial charge in [-0.2, -0.15) is 0 Å². The average molecular weight is 233 g/mol. The lowest BCUT2D eigenvalue weighted by Crippen LogP contribution is -2.38. The van der Waals surface area contributed by atoms with Gasteiger partial charge in [-0.25, -0.2) is 0 Å². The van der Waals surface area contributed by atoms with Gasteiger partial charge in [-0.15, -0.1) is 0 Å². The summed E-state index contributed by atoms with van der Waals surface area (Å²) in [4.78, 5) is 13.5. The van der Waals surface area contributed by atoms with Gasteiger partial charge < -0.3 is 10.0 Å². The number of aliphatic hydroxyl groups excluding tert-OH is 1. The molecule has 2 rings (SSSR count). The van der Waals surface area contributed by atoms with Crippen LogP contribution in [0, 0.1) is 0 Å². The highest BCUT2D eigenvalue weighted by Crippen LogP contribution is 2.27. The van der Waals surface area contributed by atoms with Crippen LogP contribution >= 0.6 is 0 Å². The van der Waals surface area contributed by atoms with E-state index >= 15 is 0 Å². The molecule has 3 heteroatoms. The number of rotatable bonds is 3. The number of likely N-dealkylation sites (tertiary alicyclic amines) is 1. The topological polar surface area (TPSA) is 40.5 Å². The third-order valence-corrected chi connectivity index (χ3v) is 3.44. The first-order chi connectivity index (χ1) is 8.31. The van der Waals surface area contributed by atoms with Crippen molar-refractivity contribution in [2.75, 3.05) is 19.7 Å². The Bertz CT molecular complexity index is 356. The fraction of sp³-hybridized carbons (Fsp3) is 0.500. The van der Waals surface area contributed by atoms with Gasteiger partial charge in [0.15, 0.2) is 0 Å². The Labute approximate surface area is 102 Å². The van der Waals surface area contributed by atoms with Crippen LogP contribution in [-0.2, 0) is 4.79 Å². The van der Waals surface area contributed by atoms with Crippen molar-refractivity contribution in [3.8, 4) is 0 Å². The number of nitrogens with zero attached hydrogens (tertiary/aromatic N) is 1. The van der Waals surface area contributed by atoms with Crippen LogP contribution in [0.2, 0.25) is 0 Å². The van der Waals surface area contributed by atoms with Gasteiger partial charge in [0.05, 0.1) is 6.61 Å². The quantitative estimate of drug-likeness (QED) is 0.864. The lowest BCUT2D eigenvalue weighted by Gasteiger charge is -2.32. The van der Waals surface area contributed by atoms with Gasteiger partial charge in [0.2, 0.25) is 5.91 Å². The van der Waals surface area contributed by atoms with Gasteiger partial charge in [-0.3, -0.25) is 4.79 Å². The van der Waals surface area contributed by atoms with Crippen LogP contribution in [0.5, 0.6) is 0 Å². The highest BCUT2D eigenvalue weighted by atomic mass is 16.3. The number of hydrogen-bond acceptors (Lipinski definition) is 2. The molecule has 1 aliphatic heterocycles. The number of carbonyl (C=O) groups is 1. The summed E-state index contributed by atoms with van der Waals surface area (Å²) in [6, 6.07) is 10.5. The maximum absolute atomic E-state index is 11.6. The molecule has 1 heterocycles. The van der Waals surface area contributed by atoms with E-state index < -0.39 is 0 Å². The molecule has 17 heavy (non-hydrogen) atoms. The smallest absolute Gasteiger partial charge is 0.224 e. The van der Waals surface area contributed by atoms with E-state index in [-0.39, 0.29) is 18.9 Å². The molecule has 1 fully saturated rings. The van der Waals surface area contributed by atoms with Gasteiger partial charge in [0.1, 0.15) is 0 Å². The van der Waals surface area contributed by atoms with Crippen molar-refractivity contribution in [2.24, 2.45) is 0 Å². The molecule has 3 nitrogen and oxygen atoms in total. The Hall–Kier alpha value is -1.35. The summed E-state index contributed by atoms with van der Waals surface area (Å²) in [7, 11) is 0. The van der Waals surface area contributed by atoms with Crippen molar-refractivity contribution < 1.29 is 9.90 Å². The Morgan fingerprint density at radius 2 is 1.88 bits per heavy atom. The summed E-state index contributed by atoms with van der Waals surface area (Å²) in [5.74, 6) is 0.661. The lowest BCUT2D eigenvalue weighted by atomic mass is 9.89. The molecule has 0 aliphatic carbocycles. The van der Waals surface area contributed by atoms with Crippen LogP contribution in [0.25, 0.3) is 0 Å². The van der Waals surface area contributed by atoms with Gasteiger partial charge >= 0.3 is 0 Å². The van der Waals surface area contributed by atoms with Crippen molar-refractivity contribution in [3.05, 3.63) is 35.9 Å². The van der Waals surface area contributed by atoms with Crippen molar-refractivity contribution in [3.63, 3.8) is 0 Å². The Morgan fingerprint density at radius 3 is 2.47 bits per heavy atom. The second-order valence-corrected chi connectivity index (χ2v) is 4.54. The Balaban J connectivity index is 1.88. The number of hydrogen-bond donors (Lipinski definition) is 1. The van der Waals surface area contributed by atoms with Gasteiger partial charge in [0.25, 0.3) is 0 Å². The molecule has 0 radical (unpaired) electrons. The zero-order valence-corrected chi connectivity index (χ0v) is 10.0. The highest BCUT2D eigenvalue weighted by molar-refractivity contribution is 5.76. The summed E-state index contributed by atoms with van der Waals surface area (Å²) >= 11 is 0.